The lowest BCUT2D eigenvalue weighted by Gasteiger charge is -2.25. The van der Waals surface area contributed by atoms with Gasteiger partial charge >= 0.3 is 0 Å². The molecule has 0 aliphatic carbocycles. The maximum absolute atomic E-state index is 11.4. The average Bonchev–Trinajstić information content (AvgIpc) is 2.02. The van der Waals surface area contributed by atoms with Crippen molar-refractivity contribution < 1.29 is 13.5 Å². The molecule has 0 amide bonds. The van der Waals surface area contributed by atoms with E-state index in [0.717, 1.165) is 12.8 Å². The minimum atomic E-state index is -3.06. The third-order valence-corrected chi connectivity index (χ3v) is 4.63. The maximum atomic E-state index is 11.4. The Morgan fingerprint density at radius 2 is 2.17 bits per heavy atom. The van der Waals surface area contributed by atoms with Gasteiger partial charge in [-0.25, -0.2) is 8.42 Å². The van der Waals surface area contributed by atoms with E-state index >= 15 is 0 Å². The summed E-state index contributed by atoms with van der Waals surface area (Å²) in [4.78, 5) is 0. The number of nitrogens with two attached hydrogens (primary N) is 1. The standard InChI is InChI=1S/C7H15NO3S/c8-5-6(9)7-3-1-2-4-12(7,10)11/h6-7,9H,1-5,8H2. The Bertz CT molecular complexity index is 237. The molecule has 2 unspecified atom stereocenters. The van der Waals surface area contributed by atoms with E-state index in [1.165, 1.54) is 0 Å². The van der Waals surface area contributed by atoms with E-state index in [0.29, 0.717) is 6.42 Å². The minimum Gasteiger partial charge on any atom is -0.390 e. The summed E-state index contributed by atoms with van der Waals surface area (Å²) in [5, 5.41) is 8.70. The fourth-order valence-electron chi connectivity index (χ4n) is 1.56. The van der Waals surface area contributed by atoms with E-state index in [9.17, 15) is 13.5 Å². The first-order valence-electron chi connectivity index (χ1n) is 4.17. The summed E-state index contributed by atoms with van der Waals surface area (Å²) < 4.78 is 22.7. The number of hydrogen-bond acceptors (Lipinski definition) is 4. The summed E-state index contributed by atoms with van der Waals surface area (Å²) >= 11 is 0. The summed E-state index contributed by atoms with van der Waals surface area (Å²) in [6.07, 6.45) is 1.27. The van der Waals surface area contributed by atoms with Gasteiger partial charge in [0.25, 0.3) is 0 Å². The predicted molar refractivity (Wildman–Crippen MR) is 46.5 cm³/mol. The molecule has 5 heteroatoms. The number of aliphatic hydroxyl groups is 1. The van der Waals surface area contributed by atoms with Crippen LogP contribution in [0.5, 0.6) is 0 Å². The SMILES string of the molecule is NCC(O)C1CCCCS1(=O)=O. The van der Waals surface area contributed by atoms with Gasteiger partial charge in [0.05, 0.1) is 17.1 Å². The zero-order valence-electron chi connectivity index (χ0n) is 6.94. The van der Waals surface area contributed by atoms with Gasteiger partial charge < -0.3 is 10.8 Å². The summed E-state index contributed by atoms with van der Waals surface area (Å²) in [7, 11) is -3.06. The molecule has 0 saturated carbocycles. The quantitative estimate of drug-likeness (QED) is 0.606. The smallest absolute Gasteiger partial charge is 0.155 e. The first-order valence-corrected chi connectivity index (χ1v) is 5.89. The first kappa shape index (κ1) is 9.95. The number of aliphatic hydroxyl groups excluding tert-OH is 1. The van der Waals surface area contributed by atoms with Crippen molar-refractivity contribution >= 4 is 9.84 Å². The van der Waals surface area contributed by atoms with Crippen molar-refractivity contribution in [3.63, 3.8) is 0 Å². The third-order valence-electron chi connectivity index (χ3n) is 2.30. The van der Waals surface area contributed by atoms with Gasteiger partial charge in [-0.15, -0.1) is 0 Å². The van der Waals surface area contributed by atoms with Crippen molar-refractivity contribution in [1.29, 1.82) is 0 Å². The molecule has 0 aromatic heterocycles. The van der Waals surface area contributed by atoms with Crippen molar-refractivity contribution in [2.45, 2.75) is 30.6 Å². The van der Waals surface area contributed by atoms with Crippen LogP contribution >= 0.6 is 0 Å². The van der Waals surface area contributed by atoms with Crippen molar-refractivity contribution in [3.05, 3.63) is 0 Å². The lowest BCUT2D eigenvalue weighted by atomic mass is 10.1. The molecule has 0 aromatic carbocycles. The van der Waals surface area contributed by atoms with Crippen LogP contribution in [0.1, 0.15) is 19.3 Å². The second kappa shape index (κ2) is 3.72. The highest BCUT2D eigenvalue weighted by Gasteiger charge is 2.33. The molecule has 1 heterocycles. The Morgan fingerprint density at radius 1 is 1.50 bits per heavy atom. The zero-order chi connectivity index (χ0) is 9.19. The fourth-order valence-corrected chi connectivity index (χ4v) is 3.59. The molecule has 1 fully saturated rings. The largest absolute Gasteiger partial charge is 0.390 e. The van der Waals surface area contributed by atoms with Gasteiger partial charge in [-0.3, -0.25) is 0 Å². The molecule has 72 valence electrons. The fraction of sp³-hybridized carbons (Fsp3) is 1.00. The molecule has 0 bridgehead atoms. The monoisotopic (exact) mass is 193 g/mol. The van der Waals surface area contributed by atoms with Crippen LogP contribution in [-0.2, 0) is 9.84 Å². The Kier molecular flexibility index (Phi) is 3.09. The molecule has 0 spiro atoms. The number of rotatable bonds is 2. The minimum absolute atomic E-state index is 0.0316. The highest BCUT2D eigenvalue weighted by molar-refractivity contribution is 7.92. The van der Waals surface area contributed by atoms with Crippen LogP contribution in [0.4, 0.5) is 0 Å². The zero-order valence-corrected chi connectivity index (χ0v) is 7.76. The van der Waals surface area contributed by atoms with Gasteiger partial charge in [0.1, 0.15) is 0 Å². The van der Waals surface area contributed by atoms with Gasteiger partial charge in [0.15, 0.2) is 9.84 Å². The molecule has 0 radical (unpaired) electrons. The molecule has 4 nitrogen and oxygen atoms in total. The van der Waals surface area contributed by atoms with E-state index in [1.54, 1.807) is 0 Å². The van der Waals surface area contributed by atoms with Crippen molar-refractivity contribution in [3.8, 4) is 0 Å². The van der Waals surface area contributed by atoms with Gasteiger partial charge in [-0.2, -0.15) is 0 Å². The van der Waals surface area contributed by atoms with Crippen LogP contribution in [0.2, 0.25) is 0 Å². The Hall–Kier alpha value is -0.130. The van der Waals surface area contributed by atoms with Gasteiger partial charge in [-0.05, 0) is 12.8 Å². The van der Waals surface area contributed by atoms with Crippen molar-refractivity contribution in [2.75, 3.05) is 12.3 Å². The van der Waals surface area contributed by atoms with Crippen LogP contribution in [0.25, 0.3) is 0 Å². The summed E-state index contributed by atoms with van der Waals surface area (Å²) in [6.45, 7) is 0.0316. The Balaban J connectivity index is 2.73. The summed E-state index contributed by atoms with van der Waals surface area (Å²) in [5.74, 6) is 0.203. The van der Waals surface area contributed by atoms with Gasteiger partial charge in [-0.1, -0.05) is 6.42 Å². The van der Waals surface area contributed by atoms with Crippen LogP contribution < -0.4 is 5.73 Å². The van der Waals surface area contributed by atoms with E-state index in [-0.39, 0.29) is 12.3 Å². The Labute approximate surface area is 72.7 Å². The average molecular weight is 193 g/mol. The Morgan fingerprint density at radius 3 is 2.67 bits per heavy atom. The molecule has 0 aromatic rings. The second-order valence-electron chi connectivity index (χ2n) is 3.20. The van der Waals surface area contributed by atoms with Crippen LogP contribution in [0.3, 0.4) is 0 Å². The lowest BCUT2D eigenvalue weighted by Crippen LogP contribution is -2.42. The van der Waals surface area contributed by atoms with Gasteiger partial charge in [0, 0.05) is 6.54 Å². The number of sulfone groups is 1. The first-order chi connectivity index (χ1) is 5.58. The van der Waals surface area contributed by atoms with Crippen LogP contribution in [0, 0.1) is 0 Å². The van der Waals surface area contributed by atoms with E-state index in [1.807, 2.05) is 0 Å². The molecule has 1 saturated heterocycles. The maximum Gasteiger partial charge on any atom is 0.155 e. The normalized spacial score (nSPS) is 31.3. The second-order valence-corrected chi connectivity index (χ2v) is 5.54. The molecule has 1 rings (SSSR count). The van der Waals surface area contributed by atoms with E-state index < -0.39 is 21.2 Å². The molecule has 1 aliphatic heterocycles. The van der Waals surface area contributed by atoms with E-state index in [4.69, 9.17) is 5.73 Å². The molecular weight excluding hydrogens is 178 g/mol. The lowest BCUT2D eigenvalue weighted by molar-refractivity contribution is 0.169. The predicted octanol–water partition coefficient (Wildman–Crippen LogP) is -0.727. The molecule has 1 aliphatic rings. The highest BCUT2D eigenvalue weighted by atomic mass is 32.2. The molecule has 12 heavy (non-hydrogen) atoms. The molecule has 3 N–H and O–H groups in total. The van der Waals surface area contributed by atoms with Gasteiger partial charge in [0.2, 0.25) is 0 Å². The topological polar surface area (TPSA) is 80.4 Å². The summed E-state index contributed by atoms with van der Waals surface area (Å²) in [6, 6.07) is 0. The molecule has 2 atom stereocenters. The molecular formula is C7H15NO3S. The number of hydrogen-bond donors (Lipinski definition) is 2. The van der Waals surface area contributed by atoms with Crippen LogP contribution in [-0.4, -0.2) is 37.2 Å². The van der Waals surface area contributed by atoms with Crippen molar-refractivity contribution in [1.82, 2.24) is 0 Å². The highest BCUT2D eigenvalue weighted by Crippen LogP contribution is 2.21. The third kappa shape index (κ3) is 1.97. The van der Waals surface area contributed by atoms with Crippen LogP contribution in [0.15, 0.2) is 0 Å². The van der Waals surface area contributed by atoms with E-state index in [2.05, 4.69) is 0 Å². The summed E-state index contributed by atoms with van der Waals surface area (Å²) in [5.41, 5.74) is 5.21. The van der Waals surface area contributed by atoms with Crippen molar-refractivity contribution in [2.24, 2.45) is 5.73 Å².